The van der Waals surface area contributed by atoms with Gasteiger partial charge in [0.1, 0.15) is 0 Å². The summed E-state index contributed by atoms with van der Waals surface area (Å²) in [5.74, 6) is 5.30. The van der Waals surface area contributed by atoms with E-state index in [1.807, 2.05) is 127 Å². The minimum absolute atomic E-state index is 0.562. The van der Waals surface area contributed by atoms with Gasteiger partial charge in [-0.05, 0) is 92.0 Å². The van der Waals surface area contributed by atoms with Gasteiger partial charge in [-0.25, -0.2) is 44.9 Å². The van der Waals surface area contributed by atoms with Crippen molar-refractivity contribution in [2.45, 2.75) is 0 Å². The molecule has 3 aromatic heterocycles. The fourth-order valence-electron chi connectivity index (χ4n) is 11.2. The van der Waals surface area contributed by atoms with Crippen LogP contribution in [0.1, 0.15) is 0 Å². The molecule has 15 rings (SSSR count). The van der Waals surface area contributed by atoms with Crippen LogP contribution in [0.3, 0.4) is 0 Å². The Kier molecular flexibility index (Phi) is 14.8. The topological polar surface area (TPSA) is 116 Å². The highest BCUT2D eigenvalue weighted by atomic mass is 15.1. The van der Waals surface area contributed by atoms with Crippen molar-refractivity contribution in [1.29, 1.82) is 0 Å². The van der Waals surface area contributed by atoms with Gasteiger partial charge >= 0.3 is 0 Å². The average molecular weight is 1150 g/mol. The SMILES string of the molecule is c1ccc(-c2cccc(-c3nc(-c4cccc(-c5ccccc5)c4)nc(-c4cccc(-c5cccc(-c6ccc(-c7nc(-c8ccccc8)nc(-c8cccc(-c9cccc(-c%10nc(-c%11ccccc%11)nc(-c%11ccccc%11)n%10)c9)c8)n7)cc6)c5)c4)n3)c2)cc1. The maximum absolute atomic E-state index is 5.20. The normalized spacial score (nSPS) is 11.1. The molecular formula is C81H53N9. The molecule has 0 saturated heterocycles. The van der Waals surface area contributed by atoms with Gasteiger partial charge in [0, 0.05) is 50.1 Å². The lowest BCUT2D eigenvalue weighted by atomic mass is 9.97. The summed E-state index contributed by atoms with van der Waals surface area (Å²) in [7, 11) is 0. The first kappa shape index (κ1) is 54.3. The van der Waals surface area contributed by atoms with Crippen molar-refractivity contribution >= 4 is 0 Å². The molecule has 0 N–H and O–H groups in total. The van der Waals surface area contributed by atoms with E-state index in [1.165, 1.54) is 0 Å². The zero-order chi connectivity index (χ0) is 60.0. The van der Waals surface area contributed by atoms with Crippen molar-refractivity contribution in [3.63, 3.8) is 0 Å². The second-order valence-corrected chi connectivity index (χ2v) is 21.8. The van der Waals surface area contributed by atoms with Gasteiger partial charge in [-0.1, -0.05) is 285 Å². The molecule has 0 fully saturated rings. The molecule has 9 nitrogen and oxygen atoms in total. The highest BCUT2D eigenvalue weighted by Crippen LogP contribution is 2.36. The summed E-state index contributed by atoms with van der Waals surface area (Å²) in [6, 6.07) is 110. The summed E-state index contributed by atoms with van der Waals surface area (Å²) in [6.07, 6.45) is 0. The smallest absolute Gasteiger partial charge is 0.164 e. The van der Waals surface area contributed by atoms with Crippen LogP contribution in [0.25, 0.3) is 158 Å². The van der Waals surface area contributed by atoms with Crippen molar-refractivity contribution in [3.8, 4) is 158 Å². The second-order valence-electron chi connectivity index (χ2n) is 21.8. The maximum atomic E-state index is 5.20. The predicted octanol–water partition coefficient (Wildman–Crippen LogP) is 19.6. The third kappa shape index (κ3) is 11.7. The molecule has 0 spiro atoms. The number of benzene rings is 12. The van der Waals surface area contributed by atoms with E-state index in [1.54, 1.807) is 0 Å². The summed E-state index contributed by atoms with van der Waals surface area (Å²) >= 11 is 0. The van der Waals surface area contributed by atoms with Gasteiger partial charge in [-0.3, -0.25) is 0 Å². The molecule has 0 atom stereocenters. The lowest BCUT2D eigenvalue weighted by Gasteiger charge is -2.12. The molecule has 0 aliphatic rings. The first-order chi connectivity index (χ1) is 44.5. The molecule has 9 heteroatoms. The van der Waals surface area contributed by atoms with Gasteiger partial charge in [0.05, 0.1) is 0 Å². The average Bonchev–Trinajstić information content (AvgIpc) is 3.46. The first-order valence-electron chi connectivity index (χ1n) is 29.8. The molecule has 0 aliphatic heterocycles. The third-order valence-electron chi connectivity index (χ3n) is 15.8. The van der Waals surface area contributed by atoms with E-state index in [0.29, 0.717) is 52.4 Å². The monoisotopic (exact) mass is 1150 g/mol. The van der Waals surface area contributed by atoms with Crippen LogP contribution in [0.5, 0.6) is 0 Å². The van der Waals surface area contributed by atoms with Crippen molar-refractivity contribution in [2.24, 2.45) is 0 Å². The van der Waals surface area contributed by atoms with Gasteiger partial charge in [-0.15, -0.1) is 0 Å². The Balaban J connectivity index is 0.736. The molecule has 0 bridgehead atoms. The van der Waals surface area contributed by atoms with Crippen LogP contribution < -0.4 is 0 Å². The summed E-state index contributed by atoms with van der Waals surface area (Å²) in [5, 5.41) is 0. The molecule has 0 saturated carbocycles. The molecule has 12 aromatic carbocycles. The van der Waals surface area contributed by atoms with E-state index in [-0.39, 0.29) is 0 Å². The first-order valence-corrected chi connectivity index (χ1v) is 29.8. The summed E-state index contributed by atoms with van der Waals surface area (Å²) in [4.78, 5) is 45.9. The highest BCUT2D eigenvalue weighted by molar-refractivity contribution is 5.81. The predicted molar refractivity (Wildman–Crippen MR) is 363 cm³/mol. The fourth-order valence-corrected chi connectivity index (χ4v) is 11.2. The molecule has 0 aliphatic carbocycles. The van der Waals surface area contributed by atoms with Gasteiger partial charge in [0.2, 0.25) is 0 Å². The number of hydrogen-bond acceptors (Lipinski definition) is 9. The van der Waals surface area contributed by atoms with Crippen LogP contribution in [0, 0.1) is 0 Å². The Morgan fingerprint density at radius 3 is 0.467 bits per heavy atom. The summed E-state index contributed by atoms with van der Waals surface area (Å²) < 4.78 is 0. The molecule has 15 aromatic rings. The third-order valence-corrected chi connectivity index (χ3v) is 15.8. The fraction of sp³-hybridized carbons (Fsp3) is 0. The van der Waals surface area contributed by atoms with Crippen molar-refractivity contribution in [3.05, 3.63) is 322 Å². The van der Waals surface area contributed by atoms with Crippen LogP contribution in [0.4, 0.5) is 0 Å². The molecule has 3 heterocycles. The van der Waals surface area contributed by atoms with E-state index >= 15 is 0 Å². The van der Waals surface area contributed by atoms with Crippen molar-refractivity contribution in [2.75, 3.05) is 0 Å². The maximum Gasteiger partial charge on any atom is 0.164 e. The Morgan fingerprint density at radius 2 is 0.233 bits per heavy atom. The summed E-state index contributed by atoms with van der Waals surface area (Å²) in [5.41, 5.74) is 18.6. The lowest BCUT2D eigenvalue weighted by Crippen LogP contribution is -2.00. The van der Waals surface area contributed by atoms with Crippen molar-refractivity contribution in [1.82, 2.24) is 44.9 Å². The van der Waals surface area contributed by atoms with Gasteiger partial charge in [-0.2, -0.15) is 0 Å². The van der Waals surface area contributed by atoms with Crippen LogP contribution >= 0.6 is 0 Å². The van der Waals surface area contributed by atoms with Gasteiger partial charge in [0.25, 0.3) is 0 Å². The molecule has 90 heavy (non-hydrogen) atoms. The molecule has 0 radical (unpaired) electrons. The zero-order valence-electron chi connectivity index (χ0n) is 48.6. The molecular weight excluding hydrogens is 1100 g/mol. The largest absolute Gasteiger partial charge is 0.208 e. The van der Waals surface area contributed by atoms with Crippen LogP contribution in [0.2, 0.25) is 0 Å². The van der Waals surface area contributed by atoms with Gasteiger partial charge in [0.15, 0.2) is 52.4 Å². The Labute approximate surface area is 521 Å². The Bertz CT molecular complexity index is 4890. The molecule has 0 unspecified atom stereocenters. The van der Waals surface area contributed by atoms with Crippen LogP contribution in [-0.2, 0) is 0 Å². The number of nitrogens with zero attached hydrogens (tertiary/aromatic N) is 9. The molecule has 422 valence electrons. The van der Waals surface area contributed by atoms with E-state index < -0.39 is 0 Å². The van der Waals surface area contributed by atoms with Gasteiger partial charge < -0.3 is 0 Å². The minimum atomic E-state index is 0.562. The van der Waals surface area contributed by atoms with E-state index in [4.69, 9.17) is 44.9 Å². The van der Waals surface area contributed by atoms with Crippen molar-refractivity contribution < 1.29 is 0 Å². The zero-order valence-corrected chi connectivity index (χ0v) is 48.6. The van der Waals surface area contributed by atoms with Crippen LogP contribution in [-0.4, -0.2) is 44.9 Å². The Hall–Kier alpha value is -12.3. The quantitative estimate of drug-likeness (QED) is 0.105. The van der Waals surface area contributed by atoms with E-state index in [2.05, 4.69) is 194 Å². The standard InChI is InChI=1S/C81H53N9/c1-6-22-54(23-7-1)62-33-17-39-68(49-62)79-88-80(69-40-18-34-63(50-69)55-24-8-2-9-25-55)90-81(89-79)72-43-19-36-65(51-72)64-35-16-32-61(48-64)56-44-46-60(47-45-56)76-83-75(59-30-14-5-15-31-59)86-78(87-76)71-42-21-38-67(53-71)66-37-20-41-70(52-66)77-84-73(57-26-10-3-11-27-57)82-74(85-77)58-28-12-4-13-29-58/h1-53H. The van der Waals surface area contributed by atoms with E-state index in [0.717, 1.165) is 106 Å². The number of aromatic nitrogens is 9. The summed E-state index contributed by atoms with van der Waals surface area (Å²) in [6.45, 7) is 0. The van der Waals surface area contributed by atoms with E-state index in [9.17, 15) is 0 Å². The molecule has 0 amide bonds. The Morgan fingerprint density at radius 1 is 0.100 bits per heavy atom. The number of rotatable bonds is 14. The second kappa shape index (κ2) is 24.6. The van der Waals surface area contributed by atoms with Crippen LogP contribution in [0.15, 0.2) is 322 Å². The highest BCUT2D eigenvalue weighted by Gasteiger charge is 2.19. The lowest BCUT2D eigenvalue weighted by molar-refractivity contribution is 1.07. The minimum Gasteiger partial charge on any atom is -0.208 e. The number of hydrogen-bond donors (Lipinski definition) is 0.